The topological polar surface area (TPSA) is 3.24 Å². The Kier molecular flexibility index (Phi) is 3.16. The molecule has 0 radical (unpaired) electrons. The van der Waals surface area contributed by atoms with Crippen LogP contribution in [0, 0.1) is 0 Å². The van der Waals surface area contributed by atoms with Crippen LogP contribution in [0.4, 0.5) is 5.69 Å². The Morgan fingerprint density at radius 2 is 1.93 bits per heavy atom. The predicted molar refractivity (Wildman–Crippen MR) is 64.3 cm³/mol. The van der Waals surface area contributed by atoms with E-state index in [0.29, 0.717) is 0 Å². The van der Waals surface area contributed by atoms with Gasteiger partial charge in [0.05, 0.1) is 0 Å². The molecule has 15 heavy (non-hydrogen) atoms. The third-order valence-corrected chi connectivity index (χ3v) is 7.31. The monoisotopic (exact) mass is 278 g/mol. The van der Waals surface area contributed by atoms with E-state index < -0.39 is 21.8 Å². The van der Waals surface area contributed by atoms with Gasteiger partial charge in [0.25, 0.3) is 0 Å². The molecule has 1 aromatic rings. The summed E-state index contributed by atoms with van der Waals surface area (Å²) in [4.78, 5) is 2.17. The minimum atomic E-state index is -1.14. The van der Waals surface area contributed by atoms with Crippen LogP contribution in [-0.2, 0) is 21.8 Å². The fourth-order valence-corrected chi connectivity index (χ4v) is 5.43. The van der Waals surface area contributed by atoms with Crippen molar-refractivity contribution in [3.05, 3.63) is 35.4 Å². The third kappa shape index (κ3) is 2.10. The molecule has 0 spiro atoms. The number of fused-ring (bicyclic) bond motifs is 1. The standard InChI is InChI=1S/C11H12N.2CH3.Zr/c1-12(2)11-7-6-9-4-3-5-10(9)8-11;;;/h3-8H,1-2H3;2*1H3;. The molecule has 1 unspecified atom stereocenters. The van der Waals surface area contributed by atoms with Gasteiger partial charge in [-0.25, -0.2) is 0 Å². The summed E-state index contributed by atoms with van der Waals surface area (Å²) in [6, 6.07) is 6.87. The maximum atomic E-state index is 2.48. The summed E-state index contributed by atoms with van der Waals surface area (Å²) in [7, 11) is 4.19. The van der Waals surface area contributed by atoms with Crippen LogP contribution < -0.4 is 4.90 Å². The summed E-state index contributed by atoms with van der Waals surface area (Å²) in [5.41, 5.74) is 4.31. The van der Waals surface area contributed by atoms with E-state index in [-0.39, 0.29) is 0 Å². The van der Waals surface area contributed by atoms with Gasteiger partial charge in [-0.05, 0) is 0 Å². The molecule has 1 aliphatic rings. The van der Waals surface area contributed by atoms with Gasteiger partial charge < -0.3 is 0 Å². The molecule has 0 aromatic heterocycles. The Bertz CT molecular complexity index is 394. The zero-order chi connectivity index (χ0) is 11.0. The molecule has 2 rings (SSSR count). The SMILES string of the molecule is CN(C)c1ccc2c(c1)C=C[CH]2[Zr]([CH3])[CH3]. The van der Waals surface area contributed by atoms with Crippen molar-refractivity contribution < 1.29 is 21.8 Å². The predicted octanol–water partition coefficient (Wildman–Crippen LogP) is 3.53. The first-order valence-corrected chi connectivity index (χ1v) is 11.7. The Labute approximate surface area is 100 Å². The van der Waals surface area contributed by atoms with Gasteiger partial charge in [-0.1, -0.05) is 0 Å². The van der Waals surface area contributed by atoms with E-state index in [1.165, 1.54) is 11.3 Å². The fraction of sp³-hybridized carbons (Fsp3) is 0.385. The van der Waals surface area contributed by atoms with Crippen LogP contribution in [0.25, 0.3) is 6.08 Å². The molecule has 0 bridgehead atoms. The van der Waals surface area contributed by atoms with E-state index in [1.807, 2.05) is 0 Å². The number of hydrogen-bond acceptors (Lipinski definition) is 1. The minimum absolute atomic E-state index is 0.804. The summed E-state index contributed by atoms with van der Waals surface area (Å²) in [5, 5.41) is 0. The molecule has 1 aliphatic carbocycles. The Hall–Kier alpha value is -0.357. The first-order chi connectivity index (χ1) is 7.09. The summed E-state index contributed by atoms with van der Waals surface area (Å²) in [6.45, 7) is 0. The van der Waals surface area contributed by atoms with Gasteiger partial charge in [-0.2, -0.15) is 0 Å². The van der Waals surface area contributed by atoms with E-state index >= 15 is 0 Å². The van der Waals surface area contributed by atoms with Gasteiger partial charge >= 0.3 is 101 Å². The van der Waals surface area contributed by atoms with Gasteiger partial charge in [0, 0.05) is 0 Å². The van der Waals surface area contributed by atoms with Gasteiger partial charge in [0.1, 0.15) is 0 Å². The van der Waals surface area contributed by atoms with Crippen molar-refractivity contribution in [3.63, 3.8) is 0 Å². The van der Waals surface area contributed by atoms with Crippen molar-refractivity contribution in [1.82, 2.24) is 0 Å². The molecule has 0 aliphatic heterocycles. The number of hydrogen-bond donors (Lipinski definition) is 0. The number of rotatable bonds is 2. The van der Waals surface area contributed by atoms with Crippen LogP contribution in [0.5, 0.6) is 0 Å². The molecule has 1 atom stereocenters. The number of nitrogens with zero attached hydrogens (tertiary/aromatic N) is 1. The van der Waals surface area contributed by atoms with Crippen molar-refractivity contribution in [2.45, 2.75) is 12.9 Å². The quantitative estimate of drug-likeness (QED) is 0.800. The second kappa shape index (κ2) is 4.25. The number of anilines is 1. The van der Waals surface area contributed by atoms with E-state index in [4.69, 9.17) is 0 Å². The van der Waals surface area contributed by atoms with E-state index in [2.05, 4.69) is 58.6 Å². The molecular formula is C13H18NZr. The van der Waals surface area contributed by atoms with Crippen LogP contribution in [0.2, 0.25) is 9.26 Å². The molecule has 0 saturated heterocycles. The van der Waals surface area contributed by atoms with Crippen LogP contribution in [0.15, 0.2) is 24.3 Å². The molecule has 0 fully saturated rings. The summed E-state index contributed by atoms with van der Waals surface area (Å²) < 4.78 is 5.76. The van der Waals surface area contributed by atoms with Crippen molar-refractivity contribution in [2.24, 2.45) is 0 Å². The Balaban J connectivity index is 2.38. The van der Waals surface area contributed by atoms with E-state index in [1.54, 1.807) is 5.56 Å². The van der Waals surface area contributed by atoms with Gasteiger partial charge in [-0.3, -0.25) is 0 Å². The van der Waals surface area contributed by atoms with Crippen molar-refractivity contribution >= 4 is 11.8 Å². The fourth-order valence-electron chi connectivity index (χ4n) is 2.07. The van der Waals surface area contributed by atoms with Crippen LogP contribution in [-0.4, -0.2) is 14.1 Å². The summed E-state index contributed by atoms with van der Waals surface area (Å²) in [6.07, 6.45) is 4.72. The Morgan fingerprint density at radius 1 is 1.20 bits per heavy atom. The van der Waals surface area contributed by atoms with Crippen molar-refractivity contribution in [1.29, 1.82) is 0 Å². The molecule has 0 amide bonds. The van der Waals surface area contributed by atoms with Crippen LogP contribution in [0.1, 0.15) is 14.8 Å². The van der Waals surface area contributed by atoms with E-state index in [9.17, 15) is 0 Å². The molecule has 1 nitrogen and oxygen atoms in total. The second-order valence-electron chi connectivity index (χ2n) is 4.62. The molecule has 1 aromatic carbocycles. The Morgan fingerprint density at radius 3 is 2.53 bits per heavy atom. The van der Waals surface area contributed by atoms with Gasteiger partial charge in [-0.15, -0.1) is 0 Å². The first-order valence-electron chi connectivity index (χ1n) is 5.39. The molecule has 2 heteroatoms. The maximum absolute atomic E-state index is 2.48. The summed E-state index contributed by atoms with van der Waals surface area (Å²) >= 11 is -1.14. The average molecular weight is 280 g/mol. The molecule has 0 heterocycles. The van der Waals surface area contributed by atoms with Gasteiger partial charge in [0.2, 0.25) is 0 Å². The molecule has 0 N–H and O–H groups in total. The second-order valence-corrected chi connectivity index (χ2v) is 11.4. The zero-order valence-electron chi connectivity index (χ0n) is 9.91. The first kappa shape index (κ1) is 11.1. The summed E-state index contributed by atoms with van der Waals surface area (Å²) in [5.74, 6) is 0. The van der Waals surface area contributed by atoms with Crippen LogP contribution in [0.3, 0.4) is 0 Å². The average Bonchev–Trinajstić information content (AvgIpc) is 2.59. The van der Waals surface area contributed by atoms with Crippen molar-refractivity contribution in [2.75, 3.05) is 19.0 Å². The van der Waals surface area contributed by atoms with Crippen molar-refractivity contribution in [3.8, 4) is 0 Å². The molecular weight excluding hydrogens is 261 g/mol. The number of allylic oxidation sites excluding steroid dienone is 1. The number of benzene rings is 1. The zero-order valence-corrected chi connectivity index (χ0v) is 12.4. The third-order valence-electron chi connectivity index (χ3n) is 3.01. The van der Waals surface area contributed by atoms with Crippen LogP contribution >= 0.6 is 0 Å². The normalized spacial score (nSPS) is 17.7. The van der Waals surface area contributed by atoms with E-state index in [0.717, 1.165) is 3.63 Å². The molecule has 79 valence electrons. The van der Waals surface area contributed by atoms with Gasteiger partial charge in [0.15, 0.2) is 0 Å². The molecule has 0 saturated carbocycles.